The molecule has 0 saturated carbocycles. The van der Waals surface area contributed by atoms with Gasteiger partial charge in [0.15, 0.2) is 0 Å². The van der Waals surface area contributed by atoms with Crippen LogP contribution in [-0.2, 0) is 0 Å². The Hall–Kier alpha value is -0.590. The van der Waals surface area contributed by atoms with Gasteiger partial charge >= 0.3 is 0 Å². The van der Waals surface area contributed by atoms with Gasteiger partial charge in [0.2, 0.25) is 0 Å². The summed E-state index contributed by atoms with van der Waals surface area (Å²) in [5, 5.41) is 0. The molecule has 0 unspecified atom stereocenters. The zero-order valence-electron chi connectivity index (χ0n) is 4.24. The van der Waals surface area contributed by atoms with Crippen LogP contribution in [0.2, 0.25) is 0 Å². The zero-order chi connectivity index (χ0) is 5.28. The maximum Gasteiger partial charge on any atom is 0.122 e. The SMILES string of the molecule is CC1=C(F)C=CC1. The first-order chi connectivity index (χ1) is 3.30. The summed E-state index contributed by atoms with van der Waals surface area (Å²) >= 11 is 0. The lowest BCUT2D eigenvalue weighted by Gasteiger charge is -1.83. The lowest BCUT2D eigenvalue weighted by atomic mass is 10.3. The van der Waals surface area contributed by atoms with Gasteiger partial charge in [-0.3, -0.25) is 0 Å². The normalized spacial score (nSPS) is 19.1. The van der Waals surface area contributed by atoms with E-state index in [4.69, 9.17) is 0 Å². The van der Waals surface area contributed by atoms with E-state index in [9.17, 15) is 4.39 Å². The Labute approximate surface area is 42.3 Å². The molecule has 7 heavy (non-hydrogen) atoms. The summed E-state index contributed by atoms with van der Waals surface area (Å²) in [6.07, 6.45) is 4.13. The standard InChI is InChI=1S/C6H7F/c1-5-3-2-4-6(5)7/h2,4H,3H2,1H3. The third kappa shape index (κ3) is 0.710. The molecule has 0 atom stereocenters. The molecular formula is C6H7F. The molecule has 0 aromatic rings. The van der Waals surface area contributed by atoms with Gasteiger partial charge in [0.1, 0.15) is 5.83 Å². The molecular weight excluding hydrogens is 91.1 g/mol. The maximum atomic E-state index is 12.1. The molecule has 0 saturated heterocycles. The highest BCUT2D eigenvalue weighted by Crippen LogP contribution is 2.17. The van der Waals surface area contributed by atoms with Crippen LogP contribution < -0.4 is 0 Å². The summed E-state index contributed by atoms with van der Waals surface area (Å²) in [6.45, 7) is 1.80. The van der Waals surface area contributed by atoms with E-state index >= 15 is 0 Å². The third-order valence-corrected chi connectivity index (χ3v) is 1.10. The zero-order valence-corrected chi connectivity index (χ0v) is 4.24. The van der Waals surface area contributed by atoms with E-state index in [2.05, 4.69) is 0 Å². The molecule has 0 radical (unpaired) electrons. The van der Waals surface area contributed by atoms with Crippen molar-refractivity contribution in [2.24, 2.45) is 0 Å². The van der Waals surface area contributed by atoms with E-state index < -0.39 is 0 Å². The van der Waals surface area contributed by atoms with E-state index in [1.54, 1.807) is 6.92 Å². The molecule has 1 rings (SSSR count). The van der Waals surface area contributed by atoms with E-state index in [-0.39, 0.29) is 5.83 Å². The number of allylic oxidation sites excluding steroid dienone is 4. The first kappa shape index (κ1) is 4.57. The van der Waals surface area contributed by atoms with Crippen molar-refractivity contribution in [3.8, 4) is 0 Å². The Balaban J connectivity index is 2.79. The van der Waals surface area contributed by atoms with E-state index in [1.165, 1.54) is 6.08 Å². The van der Waals surface area contributed by atoms with Crippen molar-refractivity contribution in [1.82, 2.24) is 0 Å². The van der Waals surface area contributed by atoms with Gasteiger partial charge in [-0.1, -0.05) is 6.08 Å². The predicted molar refractivity (Wildman–Crippen MR) is 27.6 cm³/mol. The number of hydrogen-bond donors (Lipinski definition) is 0. The fourth-order valence-electron chi connectivity index (χ4n) is 0.579. The highest BCUT2D eigenvalue weighted by Gasteiger charge is 2.00. The monoisotopic (exact) mass is 98.1 g/mol. The van der Waals surface area contributed by atoms with Crippen molar-refractivity contribution in [1.29, 1.82) is 0 Å². The Kier molecular flexibility index (Phi) is 0.970. The average molecular weight is 98.1 g/mol. The van der Waals surface area contributed by atoms with Crippen LogP contribution in [0.4, 0.5) is 4.39 Å². The molecule has 0 aromatic carbocycles. The molecule has 0 spiro atoms. The third-order valence-electron chi connectivity index (χ3n) is 1.10. The molecule has 0 amide bonds. The smallest absolute Gasteiger partial charge is 0.122 e. The molecule has 1 heteroatoms. The van der Waals surface area contributed by atoms with Gasteiger partial charge in [-0.05, 0) is 25.0 Å². The van der Waals surface area contributed by atoms with Crippen molar-refractivity contribution >= 4 is 0 Å². The Bertz CT molecular complexity index is 131. The summed E-state index contributed by atoms with van der Waals surface area (Å²) in [4.78, 5) is 0. The molecule has 38 valence electrons. The minimum atomic E-state index is -0.0556. The summed E-state index contributed by atoms with van der Waals surface area (Å²) in [5.41, 5.74) is 0.847. The largest absolute Gasteiger partial charge is 0.207 e. The summed E-state index contributed by atoms with van der Waals surface area (Å²) < 4.78 is 12.1. The van der Waals surface area contributed by atoms with Crippen molar-refractivity contribution in [2.45, 2.75) is 13.3 Å². The van der Waals surface area contributed by atoms with Crippen LogP contribution in [0.15, 0.2) is 23.6 Å². The highest BCUT2D eigenvalue weighted by molar-refractivity contribution is 5.26. The van der Waals surface area contributed by atoms with Gasteiger partial charge in [0.05, 0.1) is 0 Å². The van der Waals surface area contributed by atoms with Gasteiger partial charge in [-0.15, -0.1) is 0 Å². The lowest BCUT2D eigenvalue weighted by molar-refractivity contribution is 0.658. The minimum absolute atomic E-state index is 0.0556. The Morgan fingerprint density at radius 1 is 1.71 bits per heavy atom. The van der Waals surface area contributed by atoms with Crippen LogP contribution in [0.3, 0.4) is 0 Å². The van der Waals surface area contributed by atoms with E-state index in [1.807, 2.05) is 6.08 Å². The van der Waals surface area contributed by atoms with Crippen molar-refractivity contribution < 1.29 is 4.39 Å². The van der Waals surface area contributed by atoms with Crippen molar-refractivity contribution in [3.05, 3.63) is 23.6 Å². The number of hydrogen-bond acceptors (Lipinski definition) is 0. The summed E-state index contributed by atoms with van der Waals surface area (Å²) in [6, 6.07) is 0. The average Bonchev–Trinajstić information content (AvgIpc) is 1.91. The quantitative estimate of drug-likeness (QED) is 0.435. The first-order valence-corrected chi connectivity index (χ1v) is 2.32. The molecule has 0 aromatic heterocycles. The second-order valence-electron chi connectivity index (χ2n) is 1.73. The van der Waals surface area contributed by atoms with Crippen LogP contribution in [0.1, 0.15) is 13.3 Å². The number of rotatable bonds is 0. The lowest BCUT2D eigenvalue weighted by Crippen LogP contribution is -1.65. The molecule has 1 aliphatic rings. The van der Waals surface area contributed by atoms with E-state index in [0.29, 0.717) is 0 Å². The van der Waals surface area contributed by atoms with Crippen LogP contribution in [0, 0.1) is 0 Å². The number of halogens is 1. The highest BCUT2D eigenvalue weighted by atomic mass is 19.1. The first-order valence-electron chi connectivity index (χ1n) is 2.32. The maximum absolute atomic E-state index is 12.1. The minimum Gasteiger partial charge on any atom is -0.207 e. The molecule has 0 heterocycles. The van der Waals surface area contributed by atoms with Crippen LogP contribution in [-0.4, -0.2) is 0 Å². The summed E-state index contributed by atoms with van der Waals surface area (Å²) in [5.74, 6) is -0.0556. The van der Waals surface area contributed by atoms with E-state index in [0.717, 1.165) is 12.0 Å². The van der Waals surface area contributed by atoms with Crippen LogP contribution in [0.5, 0.6) is 0 Å². The Morgan fingerprint density at radius 2 is 2.43 bits per heavy atom. The fraction of sp³-hybridized carbons (Fsp3) is 0.333. The fourth-order valence-corrected chi connectivity index (χ4v) is 0.579. The molecule has 0 nitrogen and oxygen atoms in total. The summed E-state index contributed by atoms with van der Waals surface area (Å²) in [7, 11) is 0. The predicted octanol–water partition coefficient (Wildman–Crippen LogP) is 2.19. The van der Waals surface area contributed by atoms with Gasteiger partial charge in [0, 0.05) is 0 Å². The molecule has 0 aliphatic heterocycles. The topological polar surface area (TPSA) is 0 Å². The van der Waals surface area contributed by atoms with Crippen molar-refractivity contribution in [2.75, 3.05) is 0 Å². The second kappa shape index (κ2) is 1.49. The van der Waals surface area contributed by atoms with Crippen molar-refractivity contribution in [3.63, 3.8) is 0 Å². The molecule has 0 bridgehead atoms. The Morgan fingerprint density at radius 3 is 2.57 bits per heavy atom. The van der Waals surface area contributed by atoms with Gasteiger partial charge in [0.25, 0.3) is 0 Å². The van der Waals surface area contributed by atoms with Crippen LogP contribution in [0.25, 0.3) is 0 Å². The van der Waals surface area contributed by atoms with Gasteiger partial charge < -0.3 is 0 Å². The molecule has 0 fully saturated rings. The van der Waals surface area contributed by atoms with Gasteiger partial charge in [-0.25, -0.2) is 4.39 Å². The second-order valence-corrected chi connectivity index (χ2v) is 1.73. The van der Waals surface area contributed by atoms with Crippen LogP contribution >= 0.6 is 0 Å². The molecule has 0 N–H and O–H groups in total. The molecule has 1 aliphatic carbocycles. The van der Waals surface area contributed by atoms with Gasteiger partial charge in [-0.2, -0.15) is 0 Å².